The summed E-state index contributed by atoms with van der Waals surface area (Å²) >= 11 is 0. The lowest BCUT2D eigenvalue weighted by Gasteiger charge is -2.37. The Labute approximate surface area is 124 Å². The molecule has 112 valence electrons. The maximum Gasteiger partial charge on any atom is 0.132 e. The molecule has 1 aliphatic heterocycles. The van der Waals surface area contributed by atoms with E-state index in [0.29, 0.717) is 11.9 Å². The van der Waals surface area contributed by atoms with Crippen LogP contribution < -0.4 is 0 Å². The lowest BCUT2D eigenvalue weighted by molar-refractivity contribution is 0.0319. The molecule has 2 atom stereocenters. The number of rotatable bonds is 3. The molecule has 1 fully saturated rings. The highest BCUT2D eigenvalue weighted by molar-refractivity contribution is 5.82. The van der Waals surface area contributed by atoms with Gasteiger partial charge in [-0.2, -0.15) is 0 Å². The van der Waals surface area contributed by atoms with E-state index in [1.54, 1.807) is 18.3 Å². The predicted octanol–water partition coefficient (Wildman–Crippen LogP) is 3.11. The minimum absolute atomic E-state index is 0.183. The van der Waals surface area contributed by atoms with Gasteiger partial charge in [0.2, 0.25) is 0 Å². The summed E-state index contributed by atoms with van der Waals surface area (Å²) in [5.74, 6) is -0.229. The number of pyridine rings is 1. The van der Waals surface area contributed by atoms with Crippen LogP contribution in [-0.4, -0.2) is 33.7 Å². The molecule has 2 heterocycles. The Morgan fingerprint density at radius 1 is 1.38 bits per heavy atom. The first-order valence-electron chi connectivity index (χ1n) is 7.61. The summed E-state index contributed by atoms with van der Waals surface area (Å²) in [5.41, 5.74) is 1.76. The van der Waals surface area contributed by atoms with Crippen LogP contribution in [0, 0.1) is 5.82 Å². The van der Waals surface area contributed by atoms with Gasteiger partial charge in [-0.3, -0.25) is 9.88 Å². The topological polar surface area (TPSA) is 36.4 Å². The maximum absolute atomic E-state index is 13.9. The number of hydrogen-bond donors (Lipinski definition) is 1. The second-order valence-corrected chi connectivity index (χ2v) is 5.88. The van der Waals surface area contributed by atoms with Crippen molar-refractivity contribution in [2.24, 2.45) is 0 Å². The van der Waals surface area contributed by atoms with Crippen molar-refractivity contribution < 1.29 is 9.50 Å². The first-order chi connectivity index (χ1) is 10.2. The van der Waals surface area contributed by atoms with Crippen LogP contribution in [0.2, 0.25) is 0 Å². The van der Waals surface area contributed by atoms with E-state index < -0.39 is 0 Å². The van der Waals surface area contributed by atoms with Crippen LogP contribution >= 0.6 is 0 Å². The number of likely N-dealkylation sites (tertiary alicyclic amines) is 1. The number of aliphatic hydroxyl groups excluding tert-OH is 1. The number of piperidine rings is 1. The fourth-order valence-electron chi connectivity index (χ4n) is 3.30. The molecule has 21 heavy (non-hydrogen) atoms. The zero-order valence-electron chi connectivity index (χ0n) is 12.3. The highest BCUT2D eigenvalue weighted by Gasteiger charge is 2.26. The lowest BCUT2D eigenvalue weighted by atomic mass is 9.97. The first-order valence-corrected chi connectivity index (χ1v) is 7.61. The first kappa shape index (κ1) is 14.4. The van der Waals surface area contributed by atoms with E-state index in [4.69, 9.17) is 0 Å². The Hall–Kier alpha value is -1.52. The molecule has 3 nitrogen and oxygen atoms in total. The molecule has 3 rings (SSSR count). The minimum atomic E-state index is -0.343. The van der Waals surface area contributed by atoms with E-state index in [2.05, 4.69) is 9.88 Å². The zero-order chi connectivity index (χ0) is 14.8. The van der Waals surface area contributed by atoms with Crippen molar-refractivity contribution in [3.05, 3.63) is 41.8 Å². The maximum atomic E-state index is 13.9. The van der Waals surface area contributed by atoms with Gasteiger partial charge in [0.1, 0.15) is 5.82 Å². The van der Waals surface area contributed by atoms with Crippen LogP contribution in [0.4, 0.5) is 4.39 Å². The van der Waals surface area contributed by atoms with Crippen LogP contribution in [-0.2, 0) is 6.54 Å². The summed E-state index contributed by atoms with van der Waals surface area (Å²) in [6.07, 6.45) is 4.69. The van der Waals surface area contributed by atoms with Gasteiger partial charge in [-0.15, -0.1) is 0 Å². The Balaban J connectivity index is 1.92. The summed E-state index contributed by atoms with van der Waals surface area (Å²) < 4.78 is 13.9. The van der Waals surface area contributed by atoms with E-state index in [1.165, 1.54) is 6.07 Å². The standard InChI is InChI=1S/C17H21FN2O/c1-12(21)16-6-2-3-10-20(16)11-13-7-8-15(18)14-5-4-9-19-17(13)14/h4-5,7-9,12,16,21H,2-3,6,10-11H2,1H3/t12-,16-/m1/s1. The van der Waals surface area contributed by atoms with Crippen molar-refractivity contribution in [3.63, 3.8) is 0 Å². The molecule has 0 amide bonds. The molecule has 0 aliphatic carbocycles. The van der Waals surface area contributed by atoms with Crippen molar-refractivity contribution in [1.29, 1.82) is 0 Å². The highest BCUT2D eigenvalue weighted by Crippen LogP contribution is 2.25. The average molecular weight is 288 g/mol. The number of halogens is 1. The largest absolute Gasteiger partial charge is 0.392 e. The monoisotopic (exact) mass is 288 g/mol. The van der Waals surface area contributed by atoms with Crippen molar-refractivity contribution >= 4 is 10.9 Å². The summed E-state index contributed by atoms with van der Waals surface area (Å²) in [4.78, 5) is 6.65. The van der Waals surface area contributed by atoms with Gasteiger partial charge in [0.15, 0.2) is 0 Å². The van der Waals surface area contributed by atoms with Crippen molar-refractivity contribution in [3.8, 4) is 0 Å². The highest BCUT2D eigenvalue weighted by atomic mass is 19.1. The van der Waals surface area contributed by atoms with Gasteiger partial charge in [0.25, 0.3) is 0 Å². The SMILES string of the molecule is C[C@@H](O)[C@H]1CCCCN1Cc1ccc(F)c2cccnc12. The summed E-state index contributed by atoms with van der Waals surface area (Å²) in [6.45, 7) is 3.54. The third-order valence-electron chi connectivity index (χ3n) is 4.39. The molecular formula is C17H21FN2O. The molecule has 0 unspecified atom stereocenters. The second kappa shape index (κ2) is 6.08. The van der Waals surface area contributed by atoms with Gasteiger partial charge in [-0.25, -0.2) is 4.39 Å². The molecule has 0 spiro atoms. The molecule has 1 aliphatic rings. The Morgan fingerprint density at radius 2 is 2.24 bits per heavy atom. The van der Waals surface area contributed by atoms with Crippen molar-refractivity contribution in [1.82, 2.24) is 9.88 Å². The summed E-state index contributed by atoms with van der Waals surface area (Å²) in [6, 6.07) is 7.04. The molecule has 0 bridgehead atoms. The molecule has 1 saturated heterocycles. The number of aromatic nitrogens is 1. The molecule has 1 aromatic heterocycles. The van der Waals surface area contributed by atoms with Gasteiger partial charge in [-0.05, 0) is 50.1 Å². The van der Waals surface area contributed by atoms with Crippen LogP contribution in [0.15, 0.2) is 30.5 Å². The van der Waals surface area contributed by atoms with E-state index in [0.717, 1.165) is 36.9 Å². The third-order valence-corrected chi connectivity index (χ3v) is 4.39. The Morgan fingerprint density at radius 3 is 3.05 bits per heavy atom. The molecule has 1 N–H and O–H groups in total. The molecule has 0 saturated carbocycles. The fraction of sp³-hybridized carbons (Fsp3) is 0.471. The van der Waals surface area contributed by atoms with Crippen LogP contribution in [0.25, 0.3) is 10.9 Å². The normalized spacial score (nSPS) is 21.6. The average Bonchev–Trinajstić information content (AvgIpc) is 2.51. The fourth-order valence-corrected chi connectivity index (χ4v) is 3.30. The predicted molar refractivity (Wildman–Crippen MR) is 81.4 cm³/mol. The smallest absolute Gasteiger partial charge is 0.132 e. The van der Waals surface area contributed by atoms with Gasteiger partial charge < -0.3 is 5.11 Å². The molecule has 0 radical (unpaired) electrons. The number of aliphatic hydroxyl groups is 1. The van der Waals surface area contributed by atoms with Crippen LogP contribution in [0.5, 0.6) is 0 Å². The van der Waals surface area contributed by atoms with Gasteiger partial charge >= 0.3 is 0 Å². The van der Waals surface area contributed by atoms with Gasteiger partial charge in [0, 0.05) is 24.2 Å². The molecule has 2 aromatic rings. The zero-order valence-corrected chi connectivity index (χ0v) is 12.3. The second-order valence-electron chi connectivity index (χ2n) is 5.88. The number of nitrogens with zero attached hydrogens (tertiary/aromatic N) is 2. The minimum Gasteiger partial charge on any atom is -0.392 e. The van der Waals surface area contributed by atoms with E-state index in [-0.39, 0.29) is 18.0 Å². The molecule has 4 heteroatoms. The molecule has 1 aromatic carbocycles. The van der Waals surface area contributed by atoms with Gasteiger partial charge in [0.05, 0.1) is 11.6 Å². The quantitative estimate of drug-likeness (QED) is 0.942. The summed E-state index contributed by atoms with van der Waals surface area (Å²) in [5, 5.41) is 10.5. The molecular weight excluding hydrogens is 267 g/mol. The van der Waals surface area contributed by atoms with Crippen LogP contribution in [0.3, 0.4) is 0 Å². The summed E-state index contributed by atoms with van der Waals surface area (Å²) in [7, 11) is 0. The Bertz CT molecular complexity index is 629. The number of fused-ring (bicyclic) bond motifs is 1. The van der Waals surface area contributed by atoms with Crippen molar-refractivity contribution in [2.45, 2.75) is 44.9 Å². The van der Waals surface area contributed by atoms with Crippen LogP contribution in [0.1, 0.15) is 31.7 Å². The van der Waals surface area contributed by atoms with E-state index in [1.807, 2.05) is 13.0 Å². The van der Waals surface area contributed by atoms with E-state index in [9.17, 15) is 9.50 Å². The van der Waals surface area contributed by atoms with Gasteiger partial charge in [-0.1, -0.05) is 12.5 Å². The third kappa shape index (κ3) is 2.92. The Kier molecular flexibility index (Phi) is 4.17. The van der Waals surface area contributed by atoms with Crippen molar-refractivity contribution in [2.75, 3.05) is 6.54 Å². The lowest BCUT2D eigenvalue weighted by Crippen LogP contribution is -2.45. The number of benzene rings is 1. The van der Waals surface area contributed by atoms with E-state index >= 15 is 0 Å². The number of hydrogen-bond acceptors (Lipinski definition) is 3.